The molecule has 5 nitrogen and oxygen atoms in total. The predicted molar refractivity (Wildman–Crippen MR) is 81.5 cm³/mol. The number of nitrogens with one attached hydrogen (secondary N) is 3. The Morgan fingerprint density at radius 2 is 2.10 bits per heavy atom. The minimum atomic E-state index is -0.381. The molecule has 0 radical (unpaired) electrons. The molecule has 110 valence electrons. The lowest BCUT2D eigenvalue weighted by Crippen LogP contribution is -2.55. The highest BCUT2D eigenvalue weighted by atomic mass is 32.1. The van der Waals surface area contributed by atoms with Crippen molar-refractivity contribution in [2.24, 2.45) is 17.2 Å². The fraction of sp³-hybridized carbons (Fsp3) is 0.643. The highest BCUT2D eigenvalue weighted by Crippen LogP contribution is 2.44. The normalized spacial score (nSPS) is 25.5. The number of rotatable bonds is 1. The molecule has 0 fully saturated rings. The molecule has 2 atom stereocenters. The lowest BCUT2D eigenvalue weighted by molar-refractivity contribution is 0.0928. The first-order chi connectivity index (χ1) is 9.40. The number of hydrogen-bond acceptors (Lipinski definition) is 5. The SMILES string of the molecule is CC(C)(C)C1CCc2c(sc3c2C(=O)NC(NN)N3)C1. The van der Waals surface area contributed by atoms with E-state index in [1.807, 2.05) is 0 Å². The van der Waals surface area contributed by atoms with Gasteiger partial charge in [-0.2, -0.15) is 0 Å². The summed E-state index contributed by atoms with van der Waals surface area (Å²) >= 11 is 1.71. The van der Waals surface area contributed by atoms with Crippen LogP contribution in [0.2, 0.25) is 0 Å². The minimum absolute atomic E-state index is 0.0200. The number of nitrogens with two attached hydrogens (primary N) is 1. The fourth-order valence-electron chi connectivity index (χ4n) is 3.12. The fourth-order valence-corrected chi connectivity index (χ4v) is 4.47. The number of hydrogen-bond donors (Lipinski definition) is 4. The second-order valence-corrected chi connectivity index (χ2v) is 7.84. The van der Waals surface area contributed by atoms with Crippen molar-refractivity contribution in [3.05, 3.63) is 16.0 Å². The van der Waals surface area contributed by atoms with Gasteiger partial charge in [-0.25, -0.2) is 5.43 Å². The number of carbonyl (C=O) groups excluding carboxylic acids is 1. The first-order valence-corrected chi connectivity index (χ1v) is 7.90. The molecule has 1 aliphatic heterocycles. The molecule has 0 aromatic carbocycles. The molecular formula is C14H22N4OS. The van der Waals surface area contributed by atoms with Crippen molar-refractivity contribution in [3.8, 4) is 0 Å². The van der Waals surface area contributed by atoms with Crippen LogP contribution in [0.5, 0.6) is 0 Å². The van der Waals surface area contributed by atoms with Gasteiger partial charge in [0.25, 0.3) is 5.91 Å². The van der Waals surface area contributed by atoms with Gasteiger partial charge in [-0.3, -0.25) is 10.6 Å². The van der Waals surface area contributed by atoms with Crippen molar-refractivity contribution in [3.63, 3.8) is 0 Å². The molecule has 2 aliphatic rings. The van der Waals surface area contributed by atoms with Gasteiger partial charge in [0.05, 0.1) is 5.56 Å². The predicted octanol–water partition coefficient (Wildman–Crippen LogP) is 1.80. The second kappa shape index (κ2) is 4.72. The molecule has 0 saturated carbocycles. The summed E-state index contributed by atoms with van der Waals surface area (Å²) in [6.07, 6.45) is 2.85. The molecule has 5 N–H and O–H groups in total. The number of carbonyl (C=O) groups is 1. The summed E-state index contributed by atoms with van der Waals surface area (Å²) in [4.78, 5) is 13.6. The Bertz CT molecular complexity index is 546. The maximum absolute atomic E-state index is 12.2. The molecule has 0 spiro atoms. The second-order valence-electron chi connectivity index (χ2n) is 6.73. The molecule has 3 rings (SSSR count). The third-order valence-corrected chi connectivity index (χ3v) is 5.62. The third kappa shape index (κ3) is 2.21. The Morgan fingerprint density at radius 3 is 2.75 bits per heavy atom. The maximum Gasteiger partial charge on any atom is 0.257 e. The summed E-state index contributed by atoms with van der Waals surface area (Å²) in [6, 6.07) is 0. The van der Waals surface area contributed by atoms with Crippen LogP contribution in [0.15, 0.2) is 0 Å². The van der Waals surface area contributed by atoms with Crippen molar-refractivity contribution >= 4 is 22.2 Å². The van der Waals surface area contributed by atoms with Gasteiger partial charge in [-0.1, -0.05) is 20.8 Å². The molecule has 20 heavy (non-hydrogen) atoms. The summed E-state index contributed by atoms with van der Waals surface area (Å²) in [5.74, 6) is 6.06. The zero-order valence-electron chi connectivity index (χ0n) is 12.2. The van der Waals surface area contributed by atoms with Crippen molar-refractivity contribution < 1.29 is 4.79 Å². The molecule has 1 amide bonds. The lowest BCUT2D eigenvalue weighted by atomic mass is 9.72. The van der Waals surface area contributed by atoms with Crippen molar-refractivity contribution in [2.45, 2.75) is 46.3 Å². The van der Waals surface area contributed by atoms with Gasteiger partial charge < -0.3 is 10.6 Å². The van der Waals surface area contributed by atoms with E-state index in [0.717, 1.165) is 29.8 Å². The van der Waals surface area contributed by atoms with Gasteiger partial charge in [0.15, 0.2) is 6.29 Å². The van der Waals surface area contributed by atoms with Crippen LogP contribution in [0, 0.1) is 11.3 Å². The topological polar surface area (TPSA) is 79.2 Å². The van der Waals surface area contributed by atoms with Crippen LogP contribution in [-0.2, 0) is 12.8 Å². The number of amides is 1. The van der Waals surface area contributed by atoms with E-state index in [0.29, 0.717) is 11.3 Å². The lowest BCUT2D eigenvalue weighted by Gasteiger charge is -2.34. The molecule has 1 aromatic rings. The molecule has 2 heterocycles. The van der Waals surface area contributed by atoms with Gasteiger partial charge in [0.2, 0.25) is 0 Å². The average molecular weight is 294 g/mol. The molecular weight excluding hydrogens is 272 g/mol. The Labute approximate surface area is 123 Å². The van der Waals surface area contributed by atoms with Crippen LogP contribution in [0.1, 0.15) is 48.0 Å². The largest absolute Gasteiger partial charge is 0.343 e. The van der Waals surface area contributed by atoms with Gasteiger partial charge in [0, 0.05) is 4.88 Å². The van der Waals surface area contributed by atoms with Gasteiger partial charge in [-0.05, 0) is 36.2 Å². The van der Waals surface area contributed by atoms with Crippen LogP contribution in [0.25, 0.3) is 0 Å². The summed E-state index contributed by atoms with van der Waals surface area (Å²) in [7, 11) is 0. The smallest absolute Gasteiger partial charge is 0.257 e. The van der Waals surface area contributed by atoms with Crippen LogP contribution in [0.3, 0.4) is 0 Å². The van der Waals surface area contributed by atoms with E-state index in [9.17, 15) is 4.79 Å². The van der Waals surface area contributed by atoms with E-state index in [2.05, 4.69) is 36.8 Å². The molecule has 2 unspecified atom stereocenters. The van der Waals surface area contributed by atoms with Gasteiger partial charge in [0.1, 0.15) is 5.00 Å². The highest BCUT2D eigenvalue weighted by Gasteiger charge is 2.35. The maximum atomic E-state index is 12.2. The van der Waals surface area contributed by atoms with E-state index in [-0.39, 0.29) is 12.2 Å². The summed E-state index contributed by atoms with van der Waals surface area (Å²) in [6.45, 7) is 6.90. The number of fused-ring (bicyclic) bond motifs is 3. The Morgan fingerprint density at radius 1 is 1.35 bits per heavy atom. The quantitative estimate of drug-likeness (QED) is 0.470. The minimum Gasteiger partial charge on any atom is -0.343 e. The van der Waals surface area contributed by atoms with Crippen LogP contribution < -0.4 is 21.9 Å². The molecule has 0 bridgehead atoms. The van der Waals surface area contributed by atoms with E-state index in [4.69, 9.17) is 5.84 Å². The summed E-state index contributed by atoms with van der Waals surface area (Å²) < 4.78 is 0. The monoisotopic (exact) mass is 294 g/mol. The number of thiophene rings is 1. The zero-order chi connectivity index (χ0) is 14.5. The Hall–Kier alpha value is -1.11. The first kappa shape index (κ1) is 13.9. The van der Waals surface area contributed by atoms with Crippen molar-refractivity contribution in [1.29, 1.82) is 0 Å². The van der Waals surface area contributed by atoms with Crippen molar-refractivity contribution in [1.82, 2.24) is 10.7 Å². The van der Waals surface area contributed by atoms with E-state index in [1.165, 1.54) is 10.4 Å². The zero-order valence-corrected chi connectivity index (χ0v) is 13.0. The average Bonchev–Trinajstić information content (AvgIpc) is 2.74. The summed E-state index contributed by atoms with van der Waals surface area (Å²) in [5, 5.41) is 7.01. The molecule has 1 aliphatic carbocycles. The van der Waals surface area contributed by atoms with Gasteiger partial charge >= 0.3 is 0 Å². The Kier molecular flexibility index (Phi) is 3.27. The van der Waals surface area contributed by atoms with Crippen LogP contribution in [0.4, 0.5) is 5.00 Å². The van der Waals surface area contributed by atoms with E-state index < -0.39 is 0 Å². The Balaban J connectivity index is 1.94. The van der Waals surface area contributed by atoms with E-state index in [1.54, 1.807) is 11.3 Å². The molecule has 1 aromatic heterocycles. The van der Waals surface area contributed by atoms with Crippen LogP contribution in [-0.4, -0.2) is 12.2 Å². The van der Waals surface area contributed by atoms with E-state index >= 15 is 0 Å². The summed E-state index contributed by atoms with van der Waals surface area (Å²) in [5.41, 5.74) is 4.95. The number of anilines is 1. The van der Waals surface area contributed by atoms with Crippen molar-refractivity contribution in [2.75, 3.05) is 5.32 Å². The number of hydrazine groups is 1. The van der Waals surface area contributed by atoms with Crippen LogP contribution >= 0.6 is 11.3 Å². The third-order valence-electron chi connectivity index (χ3n) is 4.43. The standard InChI is InChI=1S/C14H22N4OS/c1-14(2,3)7-4-5-8-9(6-7)20-12-10(8)11(19)16-13(17-12)18-15/h7,13,17-18H,4-6,15H2,1-3H3,(H,16,19). The first-order valence-electron chi connectivity index (χ1n) is 7.08. The molecule has 0 saturated heterocycles. The highest BCUT2D eigenvalue weighted by molar-refractivity contribution is 7.16. The van der Waals surface area contributed by atoms with Gasteiger partial charge in [-0.15, -0.1) is 11.3 Å². The molecule has 6 heteroatoms.